The number of fused-ring (bicyclic) bond motifs is 1. The molecular formula is C22H21FN4O3S. The van der Waals surface area contributed by atoms with E-state index in [4.69, 9.17) is 14.5 Å². The molecule has 2 heterocycles. The second-order valence-electron chi connectivity index (χ2n) is 6.76. The monoisotopic (exact) mass is 440 g/mol. The Labute approximate surface area is 182 Å². The summed E-state index contributed by atoms with van der Waals surface area (Å²) in [4.78, 5) is 23.7. The molecule has 0 aliphatic rings. The molecular weight excluding hydrogens is 419 g/mol. The molecule has 2 aromatic carbocycles. The van der Waals surface area contributed by atoms with Crippen LogP contribution in [0.5, 0.6) is 11.5 Å². The van der Waals surface area contributed by atoms with Gasteiger partial charge in [0.25, 0.3) is 5.91 Å². The molecule has 0 spiro atoms. The van der Waals surface area contributed by atoms with Gasteiger partial charge in [0.1, 0.15) is 27.5 Å². The Hall–Kier alpha value is -3.46. The van der Waals surface area contributed by atoms with Gasteiger partial charge >= 0.3 is 0 Å². The van der Waals surface area contributed by atoms with Gasteiger partial charge < -0.3 is 14.0 Å². The third-order valence-electron chi connectivity index (χ3n) is 4.82. The van der Waals surface area contributed by atoms with E-state index in [1.165, 1.54) is 35.6 Å². The maximum atomic E-state index is 13.4. The fourth-order valence-electron chi connectivity index (χ4n) is 3.25. The van der Waals surface area contributed by atoms with Crippen LogP contribution in [-0.4, -0.2) is 41.2 Å². The van der Waals surface area contributed by atoms with Crippen molar-refractivity contribution >= 4 is 32.6 Å². The van der Waals surface area contributed by atoms with Crippen molar-refractivity contribution in [3.05, 3.63) is 66.5 Å². The van der Waals surface area contributed by atoms with Gasteiger partial charge in [-0.05, 0) is 42.8 Å². The number of imidazole rings is 1. The lowest BCUT2D eigenvalue weighted by molar-refractivity contribution is 0.0986. The van der Waals surface area contributed by atoms with E-state index in [0.717, 1.165) is 4.70 Å². The number of rotatable bonds is 8. The molecule has 0 fully saturated rings. The highest BCUT2D eigenvalue weighted by Crippen LogP contribution is 2.40. The number of hydrogen-bond donors (Lipinski definition) is 0. The van der Waals surface area contributed by atoms with Crippen LogP contribution in [0.2, 0.25) is 0 Å². The topological polar surface area (TPSA) is 69.5 Å². The zero-order valence-electron chi connectivity index (χ0n) is 17.1. The van der Waals surface area contributed by atoms with Crippen LogP contribution in [-0.2, 0) is 6.54 Å². The summed E-state index contributed by atoms with van der Waals surface area (Å²) >= 11 is 1.36. The first-order chi connectivity index (χ1) is 15.1. The Morgan fingerprint density at radius 1 is 1.13 bits per heavy atom. The van der Waals surface area contributed by atoms with Gasteiger partial charge in [-0.2, -0.15) is 0 Å². The second-order valence-corrected chi connectivity index (χ2v) is 7.74. The molecule has 4 rings (SSSR count). The lowest BCUT2D eigenvalue weighted by Crippen LogP contribution is -2.32. The summed E-state index contributed by atoms with van der Waals surface area (Å²) < 4.78 is 27.0. The highest BCUT2D eigenvalue weighted by molar-refractivity contribution is 7.22. The summed E-state index contributed by atoms with van der Waals surface area (Å²) in [5.41, 5.74) is 1.02. The first kappa shape index (κ1) is 20.8. The Kier molecular flexibility index (Phi) is 6.13. The maximum Gasteiger partial charge on any atom is 0.260 e. The lowest BCUT2D eigenvalue weighted by atomic mass is 10.2. The molecule has 0 radical (unpaired) electrons. The number of methoxy groups -OCH3 is 2. The molecule has 0 unspecified atom stereocenters. The quantitative estimate of drug-likeness (QED) is 0.407. The van der Waals surface area contributed by atoms with E-state index in [9.17, 15) is 9.18 Å². The molecule has 9 heteroatoms. The molecule has 0 aliphatic carbocycles. The van der Waals surface area contributed by atoms with E-state index < -0.39 is 5.82 Å². The molecule has 160 valence electrons. The number of halogens is 1. The van der Waals surface area contributed by atoms with Crippen molar-refractivity contribution in [2.75, 3.05) is 25.7 Å². The second kappa shape index (κ2) is 9.13. The Morgan fingerprint density at radius 2 is 1.87 bits per heavy atom. The zero-order valence-corrected chi connectivity index (χ0v) is 17.9. The van der Waals surface area contributed by atoms with E-state index in [2.05, 4.69) is 4.98 Å². The highest BCUT2D eigenvalue weighted by atomic mass is 32.1. The number of thiazole rings is 1. The summed E-state index contributed by atoms with van der Waals surface area (Å²) in [6.45, 7) is 1.13. The number of carbonyl (C=O) groups is 1. The molecule has 0 saturated carbocycles. The van der Waals surface area contributed by atoms with E-state index in [1.807, 2.05) is 16.8 Å². The van der Waals surface area contributed by atoms with Crippen LogP contribution in [0.4, 0.5) is 9.52 Å². The Morgan fingerprint density at radius 3 is 2.55 bits per heavy atom. The van der Waals surface area contributed by atoms with Gasteiger partial charge in [-0.15, -0.1) is 0 Å². The third-order valence-corrected chi connectivity index (χ3v) is 5.92. The molecule has 2 aromatic heterocycles. The highest BCUT2D eigenvalue weighted by Gasteiger charge is 2.23. The van der Waals surface area contributed by atoms with Gasteiger partial charge in [-0.25, -0.2) is 14.4 Å². The number of aromatic nitrogens is 3. The number of ether oxygens (including phenoxy) is 2. The van der Waals surface area contributed by atoms with E-state index in [-0.39, 0.29) is 5.91 Å². The average molecular weight is 441 g/mol. The number of amides is 1. The average Bonchev–Trinajstić information content (AvgIpc) is 3.46. The minimum absolute atomic E-state index is 0.248. The van der Waals surface area contributed by atoms with E-state index >= 15 is 0 Å². The van der Waals surface area contributed by atoms with Gasteiger partial charge in [-0.1, -0.05) is 11.3 Å². The molecule has 0 atom stereocenters. The van der Waals surface area contributed by atoms with E-state index in [1.54, 1.807) is 37.7 Å². The van der Waals surface area contributed by atoms with Crippen LogP contribution in [0.1, 0.15) is 16.8 Å². The molecule has 31 heavy (non-hydrogen) atoms. The molecule has 0 aliphatic heterocycles. The van der Waals surface area contributed by atoms with Crippen LogP contribution < -0.4 is 14.4 Å². The standard InChI is InChI=1S/C22H21FN4O3S/c1-29-17-8-9-18(30-2)20-19(17)25-22(31-20)27(12-3-11-26-13-10-24-14-26)21(28)15-4-6-16(23)7-5-15/h4-10,13-14H,3,11-12H2,1-2H3. The molecule has 0 bridgehead atoms. The predicted molar refractivity (Wildman–Crippen MR) is 118 cm³/mol. The summed E-state index contributed by atoms with van der Waals surface area (Å²) in [5.74, 6) is 0.623. The smallest absolute Gasteiger partial charge is 0.260 e. The van der Waals surface area contributed by atoms with Crippen LogP contribution >= 0.6 is 11.3 Å². The molecule has 0 saturated heterocycles. The number of hydrogen-bond acceptors (Lipinski definition) is 6. The van der Waals surface area contributed by atoms with Gasteiger partial charge in [0.2, 0.25) is 0 Å². The first-order valence-electron chi connectivity index (χ1n) is 9.65. The van der Waals surface area contributed by atoms with Crippen molar-refractivity contribution in [1.29, 1.82) is 0 Å². The van der Waals surface area contributed by atoms with Crippen molar-refractivity contribution in [2.24, 2.45) is 0 Å². The zero-order chi connectivity index (χ0) is 21.8. The number of carbonyl (C=O) groups excluding carboxylic acids is 1. The lowest BCUT2D eigenvalue weighted by Gasteiger charge is -2.20. The number of nitrogens with zero attached hydrogens (tertiary/aromatic N) is 4. The minimum Gasteiger partial charge on any atom is -0.495 e. The van der Waals surface area contributed by atoms with Crippen molar-refractivity contribution in [2.45, 2.75) is 13.0 Å². The Bertz CT molecular complexity index is 1130. The van der Waals surface area contributed by atoms with Crippen molar-refractivity contribution in [3.8, 4) is 11.5 Å². The van der Waals surface area contributed by atoms with Crippen molar-refractivity contribution in [1.82, 2.24) is 14.5 Å². The SMILES string of the molecule is COc1ccc(OC)c2sc(N(CCCn3ccnc3)C(=O)c3ccc(F)cc3)nc12. The van der Waals surface area contributed by atoms with Gasteiger partial charge in [0.05, 0.1) is 20.5 Å². The summed E-state index contributed by atoms with van der Waals surface area (Å²) in [6, 6.07) is 9.12. The van der Waals surface area contributed by atoms with E-state index in [0.29, 0.717) is 47.2 Å². The fraction of sp³-hybridized carbons (Fsp3) is 0.227. The molecule has 4 aromatic rings. The minimum atomic E-state index is -0.391. The normalized spacial score (nSPS) is 10.9. The van der Waals surface area contributed by atoms with Crippen molar-refractivity contribution < 1.29 is 18.7 Å². The fourth-order valence-corrected chi connectivity index (χ4v) is 4.35. The van der Waals surface area contributed by atoms with Gasteiger partial charge in [0, 0.05) is 31.0 Å². The molecule has 1 amide bonds. The number of anilines is 1. The van der Waals surface area contributed by atoms with Crippen LogP contribution in [0.3, 0.4) is 0 Å². The van der Waals surface area contributed by atoms with Crippen molar-refractivity contribution in [3.63, 3.8) is 0 Å². The molecule has 0 N–H and O–H groups in total. The Balaban J connectivity index is 1.70. The van der Waals surface area contributed by atoms with Crippen LogP contribution in [0.25, 0.3) is 10.2 Å². The predicted octanol–water partition coefficient (Wildman–Crippen LogP) is 4.39. The summed E-state index contributed by atoms with van der Waals surface area (Å²) in [5, 5.41) is 0.526. The summed E-state index contributed by atoms with van der Waals surface area (Å²) in [7, 11) is 3.17. The van der Waals surface area contributed by atoms with Gasteiger partial charge in [-0.3, -0.25) is 9.69 Å². The number of benzene rings is 2. The van der Waals surface area contributed by atoms with Gasteiger partial charge in [0.15, 0.2) is 5.13 Å². The third kappa shape index (κ3) is 4.36. The number of aryl methyl sites for hydroxylation is 1. The van der Waals surface area contributed by atoms with Crippen LogP contribution in [0, 0.1) is 5.82 Å². The van der Waals surface area contributed by atoms with Crippen LogP contribution in [0.15, 0.2) is 55.1 Å². The largest absolute Gasteiger partial charge is 0.495 e. The summed E-state index contributed by atoms with van der Waals surface area (Å²) in [6.07, 6.45) is 6.01. The molecule has 7 nitrogen and oxygen atoms in total. The maximum absolute atomic E-state index is 13.4. The first-order valence-corrected chi connectivity index (χ1v) is 10.5.